The number of hydrogen-bond donors (Lipinski definition) is 0. The van der Waals surface area contributed by atoms with Crippen LogP contribution in [0.3, 0.4) is 0 Å². The zero-order valence-corrected chi connectivity index (χ0v) is 6.25. The van der Waals surface area contributed by atoms with E-state index in [2.05, 4.69) is 4.85 Å². The first-order valence-electron chi connectivity index (χ1n) is 2.68. The molecule has 0 bridgehead atoms. The predicted octanol–water partition coefficient (Wildman–Crippen LogP) is 2.92. The fourth-order valence-electron chi connectivity index (χ4n) is 0.740. The van der Waals surface area contributed by atoms with Crippen LogP contribution in [0.4, 0.5) is 5.00 Å². The van der Waals surface area contributed by atoms with Crippen molar-refractivity contribution < 1.29 is 0 Å². The first-order chi connectivity index (χ1) is 4.24. The van der Waals surface area contributed by atoms with E-state index in [9.17, 15) is 0 Å². The van der Waals surface area contributed by atoms with Crippen molar-refractivity contribution in [1.82, 2.24) is 0 Å². The Morgan fingerprint density at radius 2 is 2.22 bits per heavy atom. The topological polar surface area (TPSA) is 4.36 Å². The van der Waals surface area contributed by atoms with Gasteiger partial charge in [-0.3, -0.25) is 0 Å². The van der Waals surface area contributed by atoms with Crippen molar-refractivity contribution in [1.29, 1.82) is 0 Å². The highest BCUT2D eigenvalue weighted by Crippen LogP contribution is 2.28. The summed E-state index contributed by atoms with van der Waals surface area (Å²) in [6, 6.07) is 2.04. The average molecular weight is 137 g/mol. The van der Waals surface area contributed by atoms with Gasteiger partial charge in [0.15, 0.2) is 0 Å². The van der Waals surface area contributed by atoms with E-state index in [0.717, 1.165) is 10.6 Å². The van der Waals surface area contributed by atoms with Crippen LogP contribution in [-0.2, 0) is 0 Å². The van der Waals surface area contributed by atoms with Crippen LogP contribution < -0.4 is 0 Å². The molecule has 0 aromatic carbocycles. The Bertz CT molecular complexity index is 254. The van der Waals surface area contributed by atoms with Crippen LogP contribution in [0, 0.1) is 20.4 Å². The molecule has 0 unspecified atom stereocenters. The zero-order valence-electron chi connectivity index (χ0n) is 5.43. The molecule has 0 aliphatic heterocycles. The van der Waals surface area contributed by atoms with E-state index in [1.807, 2.05) is 19.9 Å². The SMILES string of the molecule is [C-]#[N+]c1sc(C)cc1C. The third kappa shape index (κ3) is 1.11. The fraction of sp³-hybridized carbons (Fsp3) is 0.286. The summed E-state index contributed by atoms with van der Waals surface area (Å²) in [5.41, 5.74) is 1.10. The van der Waals surface area contributed by atoms with E-state index in [1.54, 1.807) is 11.3 Å². The van der Waals surface area contributed by atoms with Crippen LogP contribution in [0.1, 0.15) is 10.4 Å². The molecule has 0 saturated carbocycles. The van der Waals surface area contributed by atoms with Gasteiger partial charge in [-0.15, -0.1) is 0 Å². The lowest BCUT2D eigenvalue weighted by Gasteiger charge is -1.77. The molecule has 1 nitrogen and oxygen atoms in total. The van der Waals surface area contributed by atoms with Gasteiger partial charge in [0, 0.05) is 0 Å². The third-order valence-corrected chi connectivity index (χ3v) is 2.16. The van der Waals surface area contributed by atoms with E-state index >= 15 is 0 Å². The van der Waals surface area contributed by atoms with Gasteiger partial charge < -0.3 is 0 Å². The quantitative estimate of drug-likeness (QED) is 0.484. The summed E-state index contributed by atoms with van der Waals surface area (Å²) in [5, 5.41) is 0.826. The molecule has 9 heavy (non-hydrogen) atoms. The highest BCUT2D eigenvalue weighted by Gasteiger charge is 1.98. The van der Waals surface area contributed by atoms with Crippen molar-refractivity contribution >= 4 is 16.3 Å². The van der Waals surface area contributed by atoms with Crippen molar-refractivity contribution in [2.24, 2.45) is 0 Å². The Balaban J connectivity index is 3.20. The maximum absolute atomic E-state index is 6.73. The van der Waals surface area contributed by atoms with Gasteiger partial charge in [0.05, 0.1) is 6.57 Å². The van der Waals surface area contributed by atoms with E-state index in [-0.39, 0.29) is 0 Å². The minimum absolute atomic E-state index is 0.826. The van der Waals surface area contributed by atoms with Crippen LogP contribution in [-0.4, -0.2) is 0 Å². The Morgan fingerprint density at radius 3 is 2.44 bits per heavy atom. The van der Waals surface area contributed by atoms with E-state index in [4.69, 9.17) is 6.57 Å². The average Bonchev–Trinajstić information content (AvgIpc) is 2.10. The summed E-state index contributed by atoms with van der Waals surface area (Å²) in [6.07, 6.45) is 0. The van der Waals surface area contributed by atoms with Crippen LogP contribution in [0.5, 0.6) is 0 Å². The monoisotopic (exact) mass is 137 g/mol. The van der Waals surface area contributed by atoms with Gasteiger partial charge in [0.25, 0.3) is 0 Å². The summed E-state index contributed by atoms with van der Waals surface area (Å²) >= 11 is 1.56. The molecule has 1 aromatic rings. The lowest BCUT2D eigenvalue weighted by atomic mass is 10.3. The minimum atomic E-state index is 0.826. The van der Waals surface area contributed by atoms with Crippen molar-refractivity contribution in [3.63, 3.8) is 0 Å². The molecule has 1 aromatic heterocycles. The molecule has 0 saturated heterocycles. The summed E-state index contributed by atoms with van der Waals surface area (Å²) in [7, 11) is 0. The molecule has 0 amide bonds. The van der Waals surface area contributed by atoms with Gasteiger partial charge in [0.1, 0.15) is 0 Å². The molecule has 46 valence electrons. The zero-order chi connectivity index (χ0) is 6.85. The highest BCUT2D eigenvalue weighted by molar-refractivity contribution is 7.16. The van der Waals surface area contributed by atoms with Crippen molar-refractivity contribution in [2.45, 2.75) is 13.8 Å². The lowest BCUT2D eigenvalue weighted by Crippen LogP contribution is -1.55. The normalized spacial score (nSPS) is 9.00. The minimum Gasteiger partial charge on any atom is -0.226 e. The predicted molar refractivity (Wildman–Crippen MR) is 40.1 cm³/mol. The molecule has 1 heterocycles. The van der Waals surface area contributed by atoms with Gasteiger partial charge in [-0.25, -0.2) is 4.85 Å². The Morgan fingerprint density at radius 1 is 1.56 bits per heavy atom. The Kier molecular flexibility index (Phi) is 1.54. The lowest BCUT2D eigenvalue weighted by molar-refractivity contribution is 1.52. The van der Waals surface area contributed by atoms with E-state index < -0.39 is 0 Å². The molecule has 0 fully saturated rings. The van der Waals surface area contributed by atoms with Crippen LogP contribution >= 0.6 is 11.3 Å². The molecule has 0 radical (unpaired) electrons. The smallest absolute Gasteiger partial charge is 0.226 e. The van der Waals surface area contributed by atoms with Crippen LogP contribution in [0.25, 0.3) is 4.85 Å². The molecule has 1 rings (SSSR count). The third-order valence-electron chi connectivity index (χ3n) is 1.12. The number of nitrogens with zero attached hydrogens (tertiary/aromatic N) is 1. The standard InChI is InChI=1S/C7H7NS/c1-5-4-6(2)9-7(5)8-3/h4H,1-2H3. The van der Waals surface area contributed by atoms with Gasteiger partial charge in [0.2, 0.25) is 5.00 Å². The summed E-state index contributed by atoms with van der Waals surface area (Å²) < 4.78 is 0. The second-order valence-corrected chi connectivity index (χ2v) is 3.19. The van der Waals surface area contributed by atoms with Crippen LogP contribution in [0.2, 0.25) is 0 Å². The molecule has 0 aliphatic rings. The largest absolute Gasteiger partial charge is 0.244 e. The molecule has 2 heteroatoms. The second-order valence-electron chi connectivity index (χ2n) is 1.96. The molecular weight excluding hydrogens is 130 g/mol. The van der Waals surface area contributed by atoms with E-state index in [1.165, 1.54) is 4.88 Å². The summed E-state index contributed by atoms with van der Waals surface area (Å²) in [5.74, 6) is 0. The number of thiophene rings is 1. The molecule has 0 spiro atoms. The maximum atomic E-state index is 6.73. The number of rotatable bonds is 0. The van der Waals surface area contributed by atoms with Crippen molar-refractivity contribution in [2.75, 3.05) is 0 Å². The van der Waals surface area contributed by atoms with Gasteiger partial charge in [-0.05, 0) is 24.3 Å². The van der Waals surface area contributed by atoms with Gasteiger partial charge >= 0.3 is 0 Å². The number of hydrogen-bond acceptors (Lipinski definition) is 1. The summed E-state index contributed by atoms with van der Waals surface area (Å²) in [4.78, 5) is 4.58. The first-order valence-corrected chi connectivity index (χ1v) is 3.50. The van der Waals surface area contributed by atoms with Gasteiger partial charge in [-0.2, -0.15) is 11.3 Å². The molecular formula is C7H7NS. The first kappa shape index (κ1) is 6.31. The van der Waals surface area contributed by atoms with Crippen molar-refractivity contribution in [3.8, 4) is 0 Å². The van der Waals surface area contributed by atoms with Crippen LogP contribution in [0.15, 0.2) is 6.07 Å². The Labute approximate surface area is 58.8 Å². The fourth-order valence-corrected chi connectivity index (χ4v) is 1.55. The van der Waals surface area contributed by atoms with E-state index in [0.29, 0.717) is 0 Å². The number of aryl methyl sites for hydroxylation is 2. The molecule has 0 atom stereocenters. The van der Waals surface area contributed by atoms with Gasteiger partial charge in [-0.1, -0.05) is 6.07 Å². The maximum Gasteiger partial charge on any atom is 0.244 e. The summed E-state index contributed by atoms with van der Waals surface area (Å²) in [6.45, 7) is 10.7. The molecule has 0 aliphatic carbocycles. The van der Waals surface area contributed by atoms with Crippen molar-refractivity contribution in [3.05, 3.63) is 27.9 Å². The Hall–Kier alpha value is -0.810. The second kappa shape index (κ2) is 2.20. The highest BCUT2D eigenvalue weighted by atomic mass is 32.1. The molecule has 0 N–H and O–H groups in total.